The van der Waals surface area contributed by atoms with Gasteiger partial charge in [-0.15, -0.1) is 0 Å². The highest BCUT2D eigenvalue weighted by molar-refractivity contribution is 7.47. The number of benzene rings is 2. The number of piperidine rings is 1. The number of phosphoric acid groups is 1. The molecule has 2 aromatic carbocycles. The molecular weight excluding hydrogens is 608 g/mol. The quantitative estimate of drug-likeness (QED) is 0.113. The number of aromatic nitrogens is 4. The van der Waals surface area contributed by atoms with Crippen LogP contribution in [0.25, 0.3) is 10.9 Å². The van der Waals surface area contributed by atoms with Gasteiger partial charge in [0.2, 0.25) is 5.91 Å². The maximum Gasteiger partial charge on any atom is 0.472 e. The number of fused-ring (bicyclic) bond motifs is 1. The molecule has 1 aliphatic rings. The minimum absolute atomic E-state index is 0.0121. The normalized spacial score (nSPS) is 15.5. The van der Waals surface area contributed by atoms with E-state index in [1.165, 1.54) is 24.5 Å². The van der Waals surface area contributed by atoms with E-state index in [0.717, 1.165) is 33.2 Å². The van der Waals surface area contributed by atoms with Crippen LogP contribution in [0.4, 0.5) is 21.7 Å². The molecule has 14 nitrogen and oxygen atoms in total. The van der Waals surface area contributed by atoms with Crippen molar-refractivity contribution < 1.29 is 37.2 Å². The third-order valence-electron chi connectivity index (χ3n) is 7.18. The summed E-state index contributed by atoms with van der Waals surface area (Å²) in [5.74, 6) is 1.24. The number of halogens is 1. The van der Waals surface area contributed by atoms with E-state index in [2.05, 4.69) is 40.2 Å². The molecule has 0 spiro atoms. The van der Waals surface area contributed by atoms with Crippen molar-refractivity contribution in [1.82, 2.24) is 25.1 Å². The van der Waals surface area contributed by atoms with Crippen LogP contribution in [0.1, 0.15) is 25.0 Å². The summed E-state index contributed by atoms with van der Waals surface area (Å²) in [6.45, 7) is 2.75. The lowest BCUT2D eigenvalue weighted by Gasteiger charge is -2.32. The van der Waals surface area contributed by atoms with Crippen molar-refractivity contribution in [3.8, 4) is 11.5 Å². The average Bonchev–Trinajstić information content (AvgIpc) is 3.46. The molecule has 4 aromatic rings. The zero-order valence-electron chi connectivity index (χ0n) is 24.9. The lowest BCUT2D eigenvalue weighted by atomic mass is 10.1. The Labute approximate surface area is 258 Å². The maximum absolute atomic E-state index is 13.4. The molecule has 3 heterocycles. The summed E-state index contributed by atoms with van der Waals surface area (Å²) < 4.78 is 46.4. The molecule has 1 amide bonds. The monoisotopic (exact) mass is 643 g/mol. The Morgan fingerprint density at radius 1 is 1.16 bits per heavy atom. The number of likely N-dealkylation sites (tertiary alicyclic amines) is 1. The lowest BCUT2D eigenvalue weighted by Crippen LogP contribution is -2.37. The summed E-state index contributed by atoms with van der Waals surface area (Å²) in [5, 5.41) is 13.6. The second kappa shape index (κ2) is 14.8. The van der Waals surface area contributed by atoms with Crippen LogP contribution in [-0.2, 0) is 24.8 Å². The second-order valence-electron chi connectivity index (χ2n) is 10.4. The number of carbonyl (C=O) groups excluding carboxylic acids is 1. The van der Waals surface area contributed by atoms with Crippen LogP contribution >= 0.6 is 7.82 Å². The molecule has 0 aliphatic carbocycles. The van der Waals surface area contributed by atoms with Gasteiger partial charge in [-0.3, -0.25) is 18.9 Å². The first-order valence-corrected chi connectivity index (χ1v) is 15.8. The van der Waals surface area contributed by atoms with Gasteiger partial charge < -0.3 is 29.9 Å². The summed E-state index contributed by atoms with van der Waals surface area (Å²) >= 11 is 0. The molecule has 1 saturated heterocycles. The number of carbonyl (C=O) groups is 1. The fourth-order valence-electron chi connectivity index (χ4n) is 4.96. The summed E-state index contributed by atoms with van der Waals surface area (Å²) in [7, 11) is -1.26. The molecular formula is C29H35FN7O7P. The van der Waals surface area contributed by atoms with Crippen molar-refractivity contribution in [1.29, 1.82) is 0 Å². The molecule has 4 N–H and O–H groups in total. The fraction of sp³-hybridized carbons (Fsp3) is 0.379. The maximum atomic E-state index is 13.4. The molecule has 1 atom stereocenters. The van der Waals surface area contributed by atoms with Crippen molar-refractivity contribution in [2.75, 3.05) is 51.1 Å². The number of phosphoric ester groups is 1. The van der Waals surface area contributed by atoms with Crippen molar-refractivity contribution >= 4 is 42.0 Å². The largest absolute Gasteiger partial charge is 0.493 e. The molecule has 0 radical (unpaired) electrons. The van der Waals surface area contributed by atoms with Crippen LogP contribution in [0.5, 0.6) is 11.5 Å². The number of nitrogens with one attached hydrogen (secondary N) is 3. The van der Waals surface area contributed by atoms with Crippen LogP contribution in [0, 0.1) is 5.82 Å². The Morgan fingerprint density at radius 2 is 1.98 bits per heavy atom. The van der Waals surface area contributed by atoms with E-state index in [9.17, 15) is 18.6 Å². The average molecular weight is 644 g/mol. The molecule has 1 fully saturated rings. The smallest absolute Gasteiger partial charge is 0.472 e. The zero-order valence-corrected chi connectivity index (χ0v) is 25.8. The topological polar surface area (TPSA) is 173 Å². The Bertz CT molecular complexity index is 1670. The molecule has 16 heteroatoms. The van der Waals surface area contributed by atoms with Gasteiger partial charge >= 0.3 is 7.82 Å². The number of hydrogen-bond donors (Lipinski definition) is 4. The number of H-pyrrole nitrogens is 1. The Kier molecular flexibility index (Phi) is 10.6. The Morgan fingerprint density at radius 3 is 2.73 bits per heavy atom. The lowest BCUT2D eigenvalue weighted by molar-refractivity contribution is -0.115. The van der Waals surface area contributed by atoms with E-state index < -0.39 is 13.6 Å². The van der Waals surface area contributed by atoms with E-state index in [1.807, 2.05) is 0 Å². The molecule has 45 heavy (non-hydrogen) atoms. The molecule has 0 bridgehead atoms. The van der Waals surface area contributed by atoms with Gasteiger partial charge in [0.05, 0.1) is 31.8 Å². The standard InChI is InChI=1S/C29H35FN7O7P/c1-41-25-16-23-24(17-26(25)43-12-4-9-37-10-7-22(8-11-37)44-45(39,40)42-2)31-18-32-29(23)34-27-14-21(35-36-27)15-28(38)33-20-6-3-5-19(30)13-20/h3,5-6,13-14,16-18,22H,4,7-12,15H2,1-2H3,(H,33,38)(H,39,40)(H2,31,32,34,35,36). The number of hydrogen-bond acceptors (Lipinski definition) is 11. The van der Waals surface area contributed by atoms with Gasteiger partial charge in [0.25, 0.3) is 0 Å². The summed E-state index contributed by atoms with van der Waals surface area (Å²) in [6.07, 6.45) is 3.20. The first-order chi connectivity index (χ1) is 21.7. The molecule has 0 saturated carbocycles. The number of amides is 1. The highest BCUT2D eigenvalue weighted by Crippen LogP contribution is 2.45. The number of rotatable bonds is 14. The van der Waals surface area contributed by atoms with Gasteiger partial charge in [-0.1, -0.05) is 6.07 Å². The predicted molar refractivity (Wildman–Crippen MR) is 164 cm³/mol. The molecule has 1 unspecified atom stereocenters. The van der Waals surface area contributed by atoms with E-state index in [1.54, 1.807) is 31.4 Å². The molecule has 2 aromatic heterocycles. The van der Waals surface area contributed by atoms with Gasteiger partial charge in [-0.25, -0.2) is 18.9 Å². The van der Waals surface area contributed by atoms with Gasteiger partial charge in [0.15, 0.2) is 17.3 Å². The molecule has 5 rings (SSSR count). The first kappa shape index (κ1) is 32.3. The number of aromatic amines is 1. The van der Waals surface area contributed by atoms with Gasteiger partial charge in [-0.2, -0.15) is 5.10 Å². The summed E-state index contributed by atoms with van der Waals surface area (Å²) in [4.78, 5) is 32.9. The molecule has 240 valence electrons. The number of nitrogens with zero attached hydrogens (tertiary/aromatic N) is 4. The molecule has 1 aliphatic heterocycles. The minimum Gasteiger partial charge on any atom is -0.493 e. The third kappa shape index (κ3) is 8.96. The SMILES string of the molecule is COc1cc2c(Nc3cc(CC(=O)Nc4cccc(F)c4)[nH]n3)ncnc2cc1OCCCN1CCC(OP(=O)(O)OC)CC1. The highest BCUT2D eigenvalue weighted by Gasteiger charge is 2.28. The third-order valence-corrected chi connectivity index (χ3v) is 8.21. The van der Waals surface area contributed by atoms with Crippen molar-refractivity contribution in [3.63, 3.8) is 0 Å². The van der Waals surface area contributed by atoms with Crippen LogP contribution < -0.4 is 20.1 Å². The Balaban J connectivity index is 1.14. The van der Waals surface area contributed by atoms with Crippen LogP contribution in [-0.4, -0.2) is 82.4 Å². The van der Waals surface area contributed by atoms with Crippen LogP contribution in [0.15, 0.2) is 48.8 Å². The van der Waals surface area contributed by atoms with E-state index in [-0.39, 0.29) is 18.4 Å². The van der Waals surface area contributed by atoms with Crippen LogP contribution in [0.3, 0.4) is 0 Å². The Hall–Kier alpha value is -4.14. The van der Waals surface area contributed by atoms with Crippen LogP contribution in [0.2, 0.25) is 0 Å². The number of anilines is 3. The summed E-state index contributed by atoms with van der Waals surface area (Å²) in [5.41, 5.74) is 1.56. The van der Waals surface area contributed by atoms with E-state index in [0.29, 0.717) is 64.9 Å². The van der Waals surface area contributed by atoms with Gasteiger partial charge in [0, 0.05) is 55.6 Å². The van der Waals surface area contributed by atoms with E-state index >= 15 is 0 Å². The first-order valence-electron chi connectivity index (χ1n) is 14.3. The minimum atomic E-state index is -3.97. The van der Waals surface area contributed by atoms with Crippen molar-refractivity contribution in [3.05, 3.63) is 60.3 Å². The number of ether oxygens (including phenoxy) is 2. The summed E-state index contributed by atoms with van der Waals surface area (Å²) in [6, 6.07) is 10.9. The highest BCUT2D eigenvalue weighted by atomic mass is 31.2. The van der Waals surface area contributed by atoms with Crippen molar-refractivity contribution in [2.45, 2.75) is 31.8 Å². The van der Waals surface area contributed by atoms with Gasteiger partial charge in [0.1, 0.15) is 18.0 Å². The zero-order chi connectivity index (χ0) is 31.8. The fourth-order valence-corrected chi connectivity index (χ4v) is 5.63. The number of methoxy groups -OCH3 is 1. The second-order valence-corrected chi connectivity index (χ2v) is 11.9. The van der Waals surface area contributed by atoms with Gasteiger partial charge in [-0.05, 0) is 43.5 Å². The predicted octanol–water partition coefficient (Wildman–Crippen LogP) is 4.42. The van der Waals surface area contributed by atoms with Crippen molar-refractivity contribution in [2.24, 2.45) is 0 Å². The van der Waals surface area contributed by atoms with E-state index in [4.69, 9.17) is 14.0 Å².